The van der Waals surface area contributed by atoms with Gasteiger partial charge >= 0.3 is 6.03 Å². The average Bonchev–Trinajstić information content (AvgIpc) is 3.26. The van der Waals surface area contributed by atoms with Crippen LogP contribution in [0.1, 0.15) is 18.4 Å². The van der Waals surface area contributed by atoms with Gasteiger partial charge in [0.25, 0.3) is 5.91 Å². The zero-order valence-electron chi connectivity index (χ0n) is 16.2. The van der Waals surface area contributed by atoms with E-state index in [1.807, 2.05) is 0 Å². The van der Waals surface area contributed by atoms with E-state index in [9.17, 15) is 18.8 Å². The van der Waals surface area contributed by atoms with Gasteiger partial charge in [0.2, 0.25) is 5.91 Å². The normalized spacial score (nSPS) is 16.2. The Kier molecular flexibility index (Phi) is 5.47. The number of aromatic nitrogens is 1. The largest absolute Gasteiger partial charge is 0.361 e. The molecule has 1 atom stereocenters. The molecular formula is C22H21FN4O3. The molecule has 8 heteroatoms. The number of hydrogen-bond donors (Lipinski definition) is 3. The van der Waals surface area contributed by atoms with Gasteiger partial charge in [-0.1, -0.05) is 18.2 Å². The van der Waals surface area contributed by atoms with Crippen molar-refractivity contribution in [3.63, 3.8) is 0 Å². The maximum atomic E-state index is 13.4. The summed E-state index contributed by atoms with van der Waals surface area (Å²) in [5.74, 6) is -0.874. The van der Waals surface area contributed by atoms with E-state index >= 15 is 0 Å². The fraction of sp³-hybridized carbons (Fsp3) is 0.227. The highest BCUT2D eigenvalue weighted by Crippen LogP contribution is 2.21. The lowest BCUT2D eigenvalue weighted by Crippen LogP contribution is -2.33. The molecule has 2 heterocycles. The van der Waals surface area contributed by atoms with Gasteiger partial charge in [0.15, 0.2) is 0 Å². The monoisotopic (exact) mass is 408 g/mol. The van der Waals surface area contributed by atoms with E-state index in [0.29, 0.717) is 18.7 Å². The SMILES string of the molecule is O=C(CC[C@@H]1NC(=O)N(c2ccccc2)C1=O)NCCc1c[nH]c2ccc(F)cc12. The van der Waals surface area contributed by atoms with E-state index in [0.717, 1.165) is 21.4 Å². The van der Waals surface area contributed by atoms with Crippen molar-refractivity contribution in [1.82, 2.24) is 15.6 Å². The van der Waals surface area contributed by atoms with Gasteiger partial charge in [-0.25, -0.2) is 14.1 Å². The highest BCUT2D eigenvalue weighted by molar-refractivity contribution is 6.21. The number of nitrogens with zero attached hydrogens (tertiary/aromatic N) is 1. The number of anilines is 1. The number of carbonyl (C=O) groups excluding carboxylic acids is 3. The molecule has 4 amide bonds. The van der Waals surface area contributed by atoms with E-state index in [4.69, 9.17) is 0 Å². The summed E-state index contributed by atoms with van der Waals surface area (Å²) in [5, 5.41) is 6.23. The Morgan fingerprint density at radius 2 is 1.93 bits per heavy atom. The number of benzene rings is 2. The molecule has 0 spiro atoms. The molecule has 0 unspecified atom stereocenters. The van der Waals surface area contributed by atoms with Crippen LogP contribution in [-0.2, 0) is 16.0 Å². The summed E-state index contributed by atoms with van der Waals surface area (Å²) in [6.45, 7) is 0.392. The topological polar surface area (TPSA) is 94.3 Å². The molecule has 3 aromatic rings. The first kappa shape index (κ1) is 19.6. The van der Waals surface area contributed by atoms with Crippen LogP contribution in [0.4, 0.5) is 14.9 Å². The second kappa shape index (κ2) is 8.36. The van der Waals surface area contributed by atoms with E-state index in [1.54, 1.807) is 42.6 Å². The van der Waals surface area contributed by atoms with Gasteiger partial charge in [0.05, 0.1) is 5.69 Å². The van der Waals surface area contributed by atoms with E-state index in [2.05, 4.69) is 15.6 Å². The van der Waals surface area contributed by atoms with Crippen LogP contribution in [0.15, 0.2) is 54.7 Å². The molecular weight excluding hydrogens is 387 g/mol. The van der Waals surface area contributed by atoms with E-state index < -0.39 is 12.1 Å². The first-order valence-corrected chi connectivity index (χ1v) is 9.74. The van der Waals surface area contributed by atoms with Crippen LogP contribution in [0.3, 0.4) is 0 Å². The first-order valence-electron chi connectivity index (χ1n) is 9.74. The molecule has 3 N–H and O–H groups in total. The second-order valence-electron chi connectivity index (χ2n) is 7.15. The van der Waals surface area contributed by atoms with Crippen molar-refractivity contribution in [3.05, 3.63) is 66.1 Å². The number of H-pyrrole nitrogens is 1. The highest BCUT2D eigenvalue weighted by atomic mass is 19.1. The van der Waals surface area contributed by atoms with Crippen molar-refractivity contribution in [1.29, 1.82) is 0 Å². The number of halogens is 1. The van der Waals surface area contributed by atoms with E-state index in [-0.39, 0.29) is 30.5 Å². The zero-order valence-corrected chi connectivity index (χ0v) is 16.2. The molecule has 30 heavy (non-hydrogen) atoms. The van der Waals surface area contributed by atoms with Gasteiger partial charge in [-0.3, -0.25) is 9.59 Å². The zero-order chi connectivity index (χ0) is 21.1. The molecule has 7 nitrogen and oxygen atoms in total. The number of aromatic amines is 1. The lowest BCUT2D eigenvalue weighted by Gasteiger charge is -2.12. The Balaban J connectivity index is 1.26. The molecule has 1 saturated heterocycles. The minimum absolute atomic E-state index is 0.113. The molecule has 1 aliphatic heterocycles. The average molecular weight is 408 g/mol. The Labute approximate surface area is 172 Å². The minimum atomic E-state index is -0.722. The molecule has 0 saturated carbocycles. The summed E-state index contributed by atoms with van der Waals surface area (Å²) in [7, 11) is 0. The van der Waals surface area contributed by atoms with Crippen LogP contribution in [0.5, 0.6) is 0 Å². The first-order chi connectivity index (χ1) is 14.5. The van der Waals surface area contributed by atoms with Crippen molar-refractivity contribution in [3.8, 4) is 0 Å². The summed E-state index contributed by atoms with van der Waals surface area (Å²) in [6.07, 6.45) is 2.69. The number of para-hydroxylation sites is 1. The van der Waals surface area contributed by atoms with Crippen molar-refractivity contribution in [2.45, 2.75) is 25.3 Å². The maximum Gasteiger partial charge on any atom is 0.329 e. The molecule has 0 aliphatic carbocycles. The number of rotatable bonds is 7. The Hall–Kier alpha value is -3.68. The Morgan fingerprint density at radius 1 is 1.13 bits per heavy atom. The summed E-state index contributed by atoms with van der Waals surface area (Å²) in [6, 6.07) is 12.0. The van der Waals surface area contributed by atoms with Crippen LogP contribution in [0.2, 0.25) is 0 Å². The van der Waals surface area contributed by atoms with Gasteiger partial charge in [0.1, 0.15) is 11.9 Å². The van der Waals surface area contributed by atoms with Gasteiger partial charge in [-0.15, -0.1) is 0 Å². The second-order valence-corrected chi connectivity index (χ2v) is 7.15. The van der Waals surface area contributed by atoms with E-state index in [1.165, 1.54) is 12.1 Å². The number of imide groups is 1. The third-order valence-corrected chi connectivity index (χ3v) is 5.14. The number of hydrogen-bond acceptors (Lipinski definition) is 3. The van der Waals surface area contributed by atoms with Gasteiger partial charge in [0, 0.05) is 30.1 Å². The number of carbonyl (C=O) groups is 3. The fourth-order valence-corrected chi connectivity index (χ4v) is 3.61. The third-order valence-electron chi connectivity index (χ3n) is 5.14. The smallest absolute Gasteiger partial charge is 0.329 e. The van der Waals surface area contributed by atoms with Crippen molar-refractivity contribution >= 4 is 34.4 Å². The lowest BCUT2D eigenvalue weighted by molar-refractivity contribution is -0.121. The summed E-state index contributed by atoms with van der Waals surface area (Å²) >= 11 is 0. The number of fused-ring (bicyclic) bond motifs is 1. The molecule has 154 valence electrons. The predicted molar refractivity (Wildman–Crippen MR) is 110 cm³/mol. The molecule has 2 aromatic carbocycles. The minimum Gasteiger partial charge on any atom is -0.361 e. The Bertz CT molecular complexity index is 1100. The molecule has 1 aliphatic rings. The van der Waals surface area contributed by atoms with Crippen LogP contribution in [0.25, 0.3) is 10.9 Å². The maximum absolute atomic E-state index is 13.4. The van der Waals surface area contributed by atoms with Gasteiger partial charge in [-0.2, -0.15) is 0 Å². The summed E-state index contributed by atoms with van der Waals surface area (Å²) < 4.78 is 13.4. The summed E-state index contributed by atoms with van der Waals surface area (Å²) in [5.41, 5.74) is 2.26. The van der Waals surface area contributed by atoms with Crippen LogP contribution in [-0.4, -0.2) is 35.4 Å². The molecule has 4 rings (SSSR count). The lowest BCUT2D eigenvalue weighted by atomic mass is 10.1. The van der Waals surface area contributed by atoms with Crippen LogP contribution in [0, 0.1) is 5.82 Å². The molecule has 0 bridgehead atoms. The fourth-order valence-electron chi connectivity index (χ4n) is 3.61. The van der Waals surface area contributed by atoms with Gasteiger partial charge < -0.3 is 15.6 Å². The van der Waals surface area contributed by atoms with Crippen molar-refractivity contribution in [2.24, 2.45) is 0 Å². The number of amides is 4. The quantitative estimate of drug-likeness (QED) is 0.525. The van der Waals surface area contributed by atoms with Gasteiger partial charge in [-0.05, 0) is 48.7 Å². The molecule has 1 aromatic heterocycles. The van der Waals surface area contributed by atoms with Crippen LogP contribution >= 0.6 is 0 Å². The van der Waals surface area contributed by atoms with Crippen molar-refractivity contribution in [2.75, 3.05) is 11.4 Å². The van der Waals surface area contributed by atoms with Crippen LogP contribution < -0.4 is 15.5 Å². The highest BCUT2D eigenvalue weighted by Gasteiger charge is 2.38. The summed E-state index contributed by atoms with van der Waals surface area (Å²) in [4.78, 5) is 41.0. The Morgan fingerprint density at radius 3 is 2.73 bits per heavy atom. The van der Waals surface area contributed by atoms with Crippen molar-refractivity contribution < 1.29 is 18.8 Å². The third kappa shape index (κ3) is 4.03. The molecule has 1 fully saturated rings. The molecule has 0 radical (unpaired) electrons. The number of urea groups is 1. The standard InChI is InChI=1S/C22H21FN4O3/c23-15-6-7-18-17(12-15)14(13-25-18)10-11-24-20(28)9-8-19-21(29)27(22(30)26-19)16-4-2-1-3-5-16/h1-7,12-13,19,25H,8-11H2,(H,24,28)(H,26,30)/t19-/m0/s1. The number of nitrogens with one attached hydrogen (secondary N) is 3. The predicted octanol–water partition coefficient (Wildman–Crippen LogP) is 2.87.